The second-order valence-corrected chi connectivity index (χ2v) is 8.33. The van der Waals surface area contributed by atoms with Crippen molar-refractivity contribution in [3.8, 4) is 11.3 Å². The lowest BCUT2D eigenvalue weighted by Crippen LogP contribution is -2.35. The minimum atomic E-state index is 0.0640. The number of thiazole rings is 1. The van der Waals surface area contributed by atoms with Gasteiger partial charge in [0.05, 0.1) is 10.7 Å². The molecule has 1 amide bonds. The number of benzene rings is 1. The van der Waals surface area contributed by atoms with Crippen LogP contribution in [0.1, 0.15) is 79.1 Å². The molecule has 4 heteroatoms. The second kappa shape index (κ2) is 7.69. The highest BCUT2D eigenvalue weighted by atomic mass is 32.1. The van der Waals surface area contributed by atoms with E-state index in [4.69, 9.17) is 4.98 Å². The van der Waals surface area contributed by atoms with Gasteiger partial charge >= 0.3 is 0 Å². The van der Waals surface area contributed by atoms with E-state index in [1.54, 1.807) is 11.3 Å². The molecule has 0 unspecified atom stereocenters. The van der Waals surface area contributed by atoms with Crippen molar-refractivity contribution in [2.24, 2.45) is 0 Å². The third-order valence-corrected chi connectivity index (χ3v) is 6.34. The first-order chi connectivity index (χ1) is 12.3. The average molecular weight is 355 g/mol. The fourth-order valence-electron chi connectivity index (χ4n) is 3.60. The summed E-state index contributed by atoms with van der Waals surface area (Å²) in [7, 11) is 0. The van der Waals surface area contributed by atoms with Gasteiger partial charge in [0.25, 0.3) is 5.91 Å². The zero-order valence-electron chi connectivity index (χ0n) is 14.7. The van der Waals surface area contributed by atoms with Gasteiger partial charge in [0, 0.05) is 28.5 Å². The Hall–Kier alpha value is -1.68. The molecule has 0 spiro atoms. The Morgan fingerprint density at radius 2 is 1.64 bits per heavy atom. The molecule has 1 aromatic carbocycles. The van der Waals surface area contributed by atoms with Crippen molar-refractivity contribution in [1.82, 2.24) is 10.3 Å². The molecule has 2 fully saturated rings. The van der Waals surface area contributed by atoms with E-state index in [0.717, 1.165) is 29.7 Å². The average Bonchev–Trinajstić information content (AvgIpc) is 3.34. The van der Waals surface area contributed by atoms with Crippen LogP contribution in [0.4, 0.5) is 0 Å². The van der Waals surface area contributed by atoms with Gasteiger partial charge in [-0.15, -0.1) is 11.3 Å². The molecule has 1 aromatic heterocycles. The molecule has 2 aliphatic carbocycles. The maximum atomic E-state index is 12.5. The smallest absolute Gasteiger partial charge is 0.251 e. The highest BCUT2D eigenvalue weighted by molar-refractivity contribution is 7.10. The number of carbonyl (C=O) groups excluding carboxylic acids is 1. The number of amides is 1. The summed E-state index contributed by atoms with van der Waals surface area (Å²) < 4.78 is 0. The van der Waals surface area contributed by atoms with Crippen molar-refractivity contribution in [2.75, 3.05) is 0 Å². The summed E-state index contributed by atoms with van der Waals surface area (Å²) in [6.07, 6.45) is 11.2. The van der Waals surface area contributed by atoms with Gasteiger partial charge in [-0.1, -0.05) is 44.2 Å². The standard InChI is InChI=1S/C21H26N2OS/c24-20(22-18-6-4-2-1-3-5-7-18)16-10-8-15(9-11-16)19-14-25-21(23-19)17-12-13-17/h8-11,14,17-18H,1-7,12-13H2,(H,22,24). The normalized spacial score (nSPS) is 19.2. The predicted molar refractivity (Wildman–Crippen MR) is 103 cm³/mol. The lowest BCUT2D eigenvalue weighted by Gasteiger charge is -2.21. The number of aromatic nitrogens is 1. The summed E-state index contributed by atoms with van der Waals surface area (Å²) in [5, 5.41) is 6.64. The van der Waals surface area contributed by atoms with Crippen LogP contribution in [0.25, 0.3) is 11.3 Å². The Morgan fingerprint density at radius 3 is 2.32 bits per heavy atom. The Labute approximate surface area is 153 Å². The largest absolute Gasteiger partial charge is 0.349 e. The fourth-order valence-corrected chi connectivity index (χ4v) is 4.60. The van der Waals surface area contributed by atoms with Crippen LogP contribution in [-0.4, -0.2) is 16.9 Å². The van der Waals surface area contributed by atoms with Crippen LogP contribution in [0, 0.1) is 0 Å². The minimum absolute atomic E-state index is 0.0640. The van der Waals surface area contributed by atoms with Gasteiger partial charge in [-0.25, -0.2) is 4.98 Å². The van der Waals surface area contributed by atoms with Gasteiger partial charge in [0.1, 0.15) is 0 Å². The van der Waals surface area contributed by atoms with Gasteiger partial charge in [-0.2, -0.15) is 0 Å². The second-order valence-electron chi connectivity index (χ2n) is 7.44. The topological polar surface area (TPSA) is 42.0 Å². The zero-order chi connectivity index (χ0) is 17.1. The molecule has 1 heterocycles. The third kappa shape index (κ3) is 4.30. The van der Waals surface area contributed by atoms with E-state index in [2.05, 4.69) is 10.7 Å². The van der Waals surface area contributed by atoms with Crippen molar-refractivity contribution in [1.29, 1.82) is 0 Å². The predicted octanol–water partition coefficient (Wildman–Crippen LogP) is 5.53. The highest BCUT2D eigenvalue weighted by Gasteiger charge is 2.26. The Kier molecular flexibility index (Phi) is 5.16. The maximum Gasteiger partial charge on any atom is 0.251 e. The molecule has 0 bridgehead atoms. The molecule has 2 aliphatic rings. The first kappa shape index (κ1) is 16.8. The lowest BCUT2D eigenvalue weighted by molar-refractivity contribution is 0.0930. The van der Waals surface area contributed by atoms with E-state index in [1.807, 2.05) is 24.3 Å². The van der Waals surface area contributed by atoms with Crippen molar-refractivity contribution >= 4 is 17.2 Å². The Balaban J connectivity index is 1.39. The minimum Gasteiger partial charge on any atom is -0.349 e. The number of nitrogens with zero attached hydrogens (tertiary/aromatic N) is 1. The Bertz CT molecular complexity index is 710. The maximum absolute atomic E-state index is 12.5. The molecule has 132 valence electrons. The van der Waals surface area contributed by atoms with E-state index < -0.39 is 0 Å². The summed E-state index contributed by atoms with van der Waals surface area (Å²) in [5.74, 6) is 0.765. The third-order valence-electron chi connectivity index (χ3n) is 5.33. The van der Waals surface area contributed by atoms with Gasteiger partial charge < -0.3 is 5.32 Å². The van der Waals surface area contributed by atoms with Crippen LogP contribution in [0.2, 0.25) is 0 Å². The molecule has 4 rings (SSSR count). The van der Waals surface area contributed by atoms with Gasteiger partial charge in [-0.3, -0.25) is 4.79 Å². The molecule has 0 atom stereocenters. The summed E-state index contributed by atoms with van der Waals surface area (Å²) in [4.78, 5) is 17.3. The van der Waals surface area contributed by atoms with E-state index in [1.165, 1.54) is 50.0 Å². The molecule has 0 radical (unpaired) electrons. The number of hydrogen-bond acceptors (Lipinski definition) is 3. The Morgan fingerprint density at radius 1 is 0.960 bits per heavy atom. The first-order valence-corrected chi connectivity index (χ1v) is 10.5. The molecular formula is C21H26N2OS. The summed E-state index contributed by atoms with van der Waals surface area (Å²) in [6, 6.07) is 8.26. The number of carbonyl (C=O) groups is 1. The van der Waals surface area contributed by atoms with Crippen molar-refractivity contribution in [3.05, 3.63) is 40.2 Å². The van der Waals surface area contributed by atoms with Crippen LogP contribution >= 0.6 is 11.3 Å². The van der Waals surface area contributed by atoms with Crippen LogP contribution in [0.15, 0.2) is 29.6 Å². The van der Waals surface area contributed by atoms with Crippen LogP contribution in [0.3, 0.4) is 0 Å². The summed E-state index contributed by atoms with van der Waals surface area (Å²) in [5.41, 5.74) is 2.90. The zero-order valence-corrected chi connectivity index (χ0v) is 15.5. The molecular weight excluding hydrogens is 328 g/mol. The summed E-state index contributed by atoms with van der Waals surface area (Å²) in [6.45, 7) is 0. The van der Waals surface area contributed by atoms with Crippen LogP contribution in [0.5, 0.6) is 0 Å². The molecule has 2 saturated carbocycles. The molecule has 1 N–H and O–H groups in total. The molecule has 25 heavy (non-hydrogen) atoms. The van der Waals surface area contributed by atoms with Crippen LogP contribution < -0.4 is 5.32 Å². The SMILES string of the molecule is O=C(NC1CCCCCCC1)c1ccc(-c2csc(C3CC3)n2)cc1. The molecule has 3 nitrogen and oxygen atoms in total. The van der Waals surface area contributed by atoms with E-state index in [9.17, 15) is 4.79 Å². The van der Waals surface area contributed by atoms with E-state index >= 15 is 0 Å². The highest BCUT2D eigenvalue weighted by Crippen LogP contribution is 2.42. The monoisotopic (exact) mass is 354 g/mol. The van der Waals surface area contributed by atoms with E-state index in [0.29, 0.717) is 12.0 Å². The molecule has 0 saturated heterocycles. The van der Waals surface area contributed by atoms with Crippen molar-refractivity contribution < 1.29 is 4.79 Å². The molecule has 2 aromatic rings. The van der Waals surface area contributed by atoms with E-state index in [-0.39, 0.29) is 5.91 Å². The van der Waals surface area contributed by atoms with Crippen molar-refractivity contribution in [2.45, 2.75) is 69.7 Å². The summed E-state index contributed by atoms with van der Waals surface area (Å²) >= 11 is 1.76. The van der Waals surface area contributed by atoms with Crippen LogP contribution in [-0.2, 0) is 0 Å². The number of rotatable bonds is 4. The van der Waals surface area contributed by atoms with Crippen molar-refractivity contribution in [3.63, 3.8) is 0 Å². The number of hydrogen-bond donors (Lipinski definition) is 1. The quantitative estimate of drug-likeness (QED) is 0.784. The number of nitrogens with one attached hydrogen (secondary N) is 1. The first-order valence-electron chi connectivity index (χ1n) is 9.66. The lowest BCUT2D eigenvalue weighted by atomic mass is 9.96. The van der Waals surface area contributed by atoms with Gasteiger partial charge in [-0.05, 0) is 37.8 Å². The van der Waals surface area contributed by atoms with Gasteiger partial charge in [0.15, 0.2) is 0 Å². The molecule has 0 aliphatic heterocycles. The fraction of sp³-hybridized carbons (Fsp3) is 0.524. The van der Waals surface area contributed by atoms with Gasteiger partial charge in [0.2, 0.25) is 0 Å².